The van der Waals surface area contributed by atoms with E-state index < -0.39 is 17.2 Å². The molecule has 144 valence electrons. The molecule has 8 heteroatoms. The molecule has 1 heterocycles. The summed E-state index contributed by atoms with van der Waals surface area (Å²) in [5.41, 5.74) is 4.92. The van der Waals surface area contributed by atoms with Gasteiger partial charge in [-0.05, 0) is 29.0 Å². The lowest BCUT2D eigenvalue weighted by atomic mass is 10.0. The fourth-order valence-corrected chi connectivity index (χ4v) is 3.06. The molecule has 0 radical (unpaired) electrons. The Morgan fingerprint density at radius 2 is 1.76 bits per heavy atom. The zero-order valence-electron chi connectivity index (χ0n) is 15.2. The smallest absolute Gasteiger partial charge is 0.349 e. The molecule has 0 atom stereocenters. The molecular formula is C21H16N4O4. The molecule has 0 bridgehead atoms. The highest BCUT2D eigenvalue weighted by Gasteiger charge is 2.10. The van der Waals surface area contributed by atoms with Gasteiger partial charge in [-0.1, -0.05) is 42.5 Å². The SMILES string of the molecule is NC(=O)COc1ccc2ccccc2c1C=Nn1c(=O)[nH]c2ccccc2c1=O. The van der Waals surface area contributed by atoms with Crippen LogP contribution in [0.15, 0.2) is 75.4 Å². The summed E-state index contributed by atoms with van der Waals surface area (Å²) >= 11 is 0. The Labute approximate surface area is 163 Å². The van der Waals surface area contributed by atoms with Gasteiger partial charge in [-0.25, -0.2) is 4.79 Å². The van der Waals surface area contributed by atoms with Crippen LogP contribution >= 0.6 is 0 Å². The minimum absolute atomic E-state index is 0.310. The number of hydrogen-bond acceptors (Lipinski definition) is 5. The Kier molecular flexibility index (Phi) is 4.66. The van der Waals surface area contributed by atoms with Gasteiger partial charge in [-0.15, -0.1) is 4.68 Å². The first kappa shape index (κ1) is 18.2. The van der Waals surface area contributed by atoms with Gasteiger partial charge in [0.1, 0.15) is 5.75 Å². The van der Waals surface area contributed by atoms with Gasteiger partial charge in [0.25, 0.3) is 11.5 Å². The van der Waals surface area contributed by atoms with E-state index in [-0.39, 0.29) is 6.61 Å². The summed E-state index contributed by atoms with van der Waals surface area (Å²) in [6.07, 6.45) is 1.37. The van der Waals surface area contributed by atoms with Crippen molar-refractivity contribution in [2.24, 2.45) is 10.8 Å². The van der Waals surface area contributed by atoms with Crippen LogP contribution in [0, 0.1) is 0 Å². The highest BCUT2D eigenvalue weighted by molar-refractivity contribution is 6.02. The van der Waals surface area contributed by atoms with Crippen molar-refractivity contribution in [1.82, 2.24) is 9.66 Å². The summed E-state index contributed by atoms with van der Waals surface area (Å²) in [5.74, 6) is -0.264. The molecule has 0 aliphatic rings. The monoisotopic (exact) mass is 388 g/mol. The second-order valence-electron chi connectivity index (χ2n) is 6.29. The third kappa shape index (κ3) is 3.51. The lowest BCUT2D eigenvalue weighted by molar-refractivity contribution is -0.119. The number of hydrogen-bond donors (Lipinski definition) is 2. The molecule has 0 fully saturated rings. The number of aromatic amines is 1. The fraction of sp³-hybridized carbons (Fsp3) is 0.0476. The number of fused-ring (bicyclic) bond motifs is 2. The molecule has 1 amide bonds. The van der Waals surface area contributed by atoms with Gasteiger partial charge in [-0.2, -0.15) is 5.10 Å². The van der Waals surface area contributed by atoms with E-state index in [1.807, 2.05) is 30.3 Å². The van der Waals surface area contributed by atoms with Gasteiger partial charge >= 0.3 is 5.69 Å². The van der Waals surface area contributed by atoms with E-state index in [1.165, 1.54) is 6.21 Å². The van der Waals surface area contributed by atoms with Crippen LogP contribution in [-0.4, -0.2) is 28.4 Å². The standard InChI is InChI=1S/C21H16N4O4/c22-19(26)12-29-18-10-9-13-5-1-2-6-14(13)16(18)11-23-25-20(27)15-7-3-4-8-17(15)24-21(25)28/h1-11H,12H2,(H2,22,26)(H,24,28). The van der Waals surface area contributed by atoms with E-state index in [1.54, 1.807) is 30.3 Å². The van der Waals surface area contributed by atoms with Crippen molar-refractivity contribution in [1.29, 1.82) is 0 Å². The number of nitrogens with zero attached hydrogens (tertiary/aromatic N) is 2. The number of para-hydroxylation sites is 1. The zero-order valence-corrected chi connectivity index (χ0v) is 15.2. The third-order valence-corrected chi connectivity index (χ3v) is 4.39. The second-order valence-corrected chi connectivity index (χ2v) is 6.29. The number of H-pyrrole nitrogens is 1. The van der Waals surface area contributed by atoms with E-state index in [4.69, 9.17) is 10.5 Å². The molecule has 0 aliphatic heterocycles. The van der Waals surface area contributed by atoms with Crippen LogP contribution in [0.4, 0.5) is 0 Å². The summed E-state index contributed by atoms with van der Waals surface area (Å²) in [6.45, 7) is -0.310. The number of ether oxygens (including phenoxy) is 1. The highest BCUT2D eigenvalue weighted by atomic mass is 16.5. The summed E-state index contributed by atoms with van der Waals surface area (Å²) in [7, 11) is 0. The number of carbonyl (C=O) groups is 1. The normalized spacial score (nSPS) is 11.3. The van der Waals surface area contributed by atoms with Crippen LogP contribution in [0.5, 0.6) is 5.75 Å². The Morgan fingerprint density at radius 3 is 2.55 bits per heavy atom. The first-order valence-electron chi connectivity index (χ1n) is 8.76. The number of aromatic nitrogens is 2. The van der Waals surface area contributed by atoms with Gasteiger partial charge in [0.2, 0.25) is 0 Å². The van der Waals surface area contributed by atoms with Crippen LogP contribution in [-0.2, 0) is 4.79 Å². The van der Waals surface area contributed by atoms with Crippen LogP contribution in [0.25, 0.3) is 21.7 Å². The summed E-state index contributed by atoms with van der Waals surface area (Å²) in [4.78, 5) is 38.8. The Hall–Kier alpha value is -4.20. The molecule has 1 aromatic heterocycles. The van der Waals surface area contributed by atoms with E-state index >= 15 is 0 Å². The predicted molar refractivity (Wildman–Crippen MR) is 110 cm³/mol. The maximum atomic E-state index is 12.7. The highest BCUT2D eigenvalue weighted by Crippen LogP contribution is 2.26. The fourth-order valence-electron chi connectivity index (χ4n) is 3.06. The molecular weight excluding hydrogens is 372 g/mol. The number of carbonyl (C=O) groups excluding carboxylic acids is 1. The quantitative estimate of drug-likeness (QED) is 0.505. The lowest BCUT2D eigenvalue weighted by Crippen LogP contribution is -2.32. The second kappa shape index (κ2) is 7.43. The summed E-state index contributed by atoms with van der Waals surface area (Å²) in [6, 6.07) is 17.7. The van der Waals surface area contributed by atoms with Gasteiger partial charge in [0, 0.05) is 5.56 Å². The van der Waals surface area contributed by atoms with E-state index in [0.717, 1.165) is 15.4 Å². The number of rotatable bonds is 5. The molecule has 0 saturated heterocycles. The van der Waals surface area contributed by atoms with Crippen LogP contribution < -0.4 is 21.7 Å². The third-order valence-electron chi connectivity index (χ3n) is 4.39. The molecule has 3 aromatic carbocycles. The number of benzene rings is 3. The summed E-state index contributed by atoms with van der Waals surface area (Å²) in [5, 5.41) is 6.13. The first-order valence-corrected chi connectivity index (χ1v) is 8.76. The molecule has 0 spiro atoms. The van der Waals surface area contributed by atoms with Crippen LogP contribution in [0.1, 0.15) is 5.56 Å². The topological polar surface area (TPSA) is 120 Å². The molecule has 4 aromatic rings. The molecule has 3 N–H and O–H groups in total. The molecule has 4 rings (SSSR count). The van der Waals surface area contributed by atoms with Crippen molar-refractivity contribution in [3.05, 3.63) is 87.1 Å². The molecule has 0 aliphatic carbocycles. The number of amides is 1. The maximum absolute atomic E-state index is 12.7. The minimum atomic E-state index is -0.662. The average Bonchev–Trinajstić information content (AvgIpc) is 2.72. The van der Waals surface area contributed by atoms with Crippen LogP contribution in [0.2, 0.25) is 0 Å². The van der Waals surface area contributed by atoms with Crippen molar-refractivity contribution in [2.45, 2.75) is 0 Å². The van der Waals surface area contributed by atoms with Gasteiger partial charge < -0.3 is 15.5 Å². The van der Waals surface area contributed by atoms with E-state index in [9.17, 15) is 14.4 Å². The van der Waals surface area contributed by atoms with Crippen molar-refractivity contribution >= 4 is 33.8 Å². The van der Waals surface area contributed by atoms with Crippen LogP contribution in [0.3, 0.4) is 0 Å². The van der Waals surface area contributed by atoms with Crippen molar-refractivity contribution in [3.8, 4) is 5.75 Å². The minimum Gasteiger partial charge on any atom is -0.483 e. The lowest BCUT2D eigenvalue weighted by Gasteiger charge is -2.10. The number of nitrogens with one attached hydrogen (secondary N) is 1. The largest absolute Gasteiger partial charge is 0.483 e. The molecule has 0 saturated carbocycles. The molecule has 8 nitrogen and oxygen atoms in total. The molecule has 29 heavy (non-hydrogen) atoms. The average molecular weight is 388 g/mol. The molecule has 0 unspecified atom stereocenters. The van der Waals surface area contributed by atoms with Crippen molar-refractivity contribution in [2.75, 3.05) is 6.61 Å². The van der Waals surface area contributed by atoms with Gasteiger partial charge in [0.05, 0.1) is 17.1 Å². The number of nitrogens with two attached hydrogens (primary N) is 1. The maximum Gasteiger partial charge on any atom is 0.349 e. The Balaban J connectivity index is 1.87. The summed E-state index contributed by atoms with van der Waals surface area (Å²) < 4.78 is 6.24. The Bertz CT molecular complexity index is 1390. The van der Waals surface area contributed by atoms with E-state index in [2.05, 4.69) is 10.1 Å². The number of primary amides is 1. The van der Waals surface area contributed by atoms with Gasteiger partial charge in [0.15, 0.2) is 6.61 Å². The first-order chi connectivity index (χ1) is 14.0. The predicted octanol–water partition coefficient (Wildman–Crippen LogP) is 1.59. The van der Waals surface area contributed by atoms with Gasteiger partial charge in [-0.3, -0.25) is 9.59 Å². The zero-order chi connectivity index (χ0) is 20.4. The van der Waals surface area contributed by atoms with Crippen molar-refractivity contribution in [3.63, 3.8) is 0 Å². The Morgan fingerprint density at radius 1 is 1.03 bits per heavy atom. The van der Waals surface area contributed by atoms with E-state index in [0.29, 0.717) is 22.2 Å². The van der Waals surface area contributed by atoms with Crippen molar-refractivity contribution < 1.29 is 9.53 Å².